The van der Waals surface area contributed by atoms with Crippen molar-refractivity contribution < 1.29 is 9.47 Å². The van der Waals surface area contributed by atoms with Crippen molar-refractivity contribution in [3.63, 3.8) is 0 Å². The van der Waals surface area contributed by atoms with Crippen LogP contribution >= 0.6 is 0 Å². The second kappa shape index (κ2) is 10.6. The van der Waals surface area contributed by atoms with Crippen molar-refractivity contribution in [1.29, 1.82) is 0 Å². The molecule has 27 heavy (non-hydrogen) atoms. The van der Waals surface area contributed by atoms with Crippen molar-refractivity contribution in [3.05, 3.63) is 0 Å². The first-order chi connectivity index (χ1) is 13.4. The first-order valence-electron chi connectivity index (χ1n) is 12.0. The number of ether oxygens (including phenoxy) is 2. The van der Waals surface area contributed by atoms with E-state index in [4.69, 9.17) is 9.47 Å². The van der Waals surface area contributed by atoms with E-state index in [0.717, 1.165) is 55.3 Å². The minimum absolute atomic E-state index is 0.480. The van der Waals surface area contributed by atoms with Crippen LogP contribution in [0.4, 0.5) is 0 Å². The molecular weight excluding hydrogens is 336 g/mol. The second-order valence-electron chi connectivity index (χ2n) is 9.94. The standard InChI is InChI=1S/C23H42N2O2/c1-3-18-11-19(4-1)14-25-9-10-26-17-27-16-22-7-6-20(13-23(22)12-18)21-5-2-8-24-15-21/h18-25H,1-17H2. The summed E-state index contributed by atoms with van der Waals surface area (Å²) in [6.45, 7) is 6.83. The predicted octanol–water partition coefficient (Wildman–Crippen LogP) is 3.81. The summed E-state index contributed by atoms with van der Waals surface area (Å²) in [6, 6.07) is 0. The zero-order chi connectivity index (χ0) is 18.3. The van der Waals surface area contributed by atoms with Crippen LogP contribution in [0.5, 0.6) is 0 Å². The minimum Gasteiger partial charge on any atom is -0.355 e. The molecule has 2 bridgehead atoms. The molecule has 2 aliphatic heterocycles. The molecule has 4 rings (SSSR count). The summed E-state index contributed by atoms with van der Waals surface area (Å²) in [5.41, 5.74) is 0. The SMILES string of the molecule is C1CC2CNCCOCOCC3CCC(C4CCCNC4)CC3CC(C1)C2. The summed E-state index contributed by atoms with van der Waals surface area (Å²) in [5, 5.41) is 7.27. The molecule has 2 saturated carbocycles. The lowest BCUT2D eigenvalue weighted by Crippen LogP contribution is -2.39. The van der Waals surface area contributed by atoms with Gasteiger partial charge in [-0.15, -0.1) is 0 Å². The van der Waals surface area contributed by atoms with Crippen molar-refractivity contribution >= 4 is 0 Å². The summed E-state index contributed by atoms with van der Waals surface area (Å²) in [4.78, 5) is 0. The Morgan fingerprint density at radius 3 is 2.41 bits per heavy atom. The third kappa shape index (κ3) is 5.91. The molecule has 4 nitrogen and oxygen atoms in total. The van der Waals surface area contributed by atoms with Crippen LogP contribution in [0.2, 0.25) is 0 Å². The van der Waals surface area contributed by atoms with E-state index in [1.54, 1.807) is 0 Å². The number of nitrogens with one attached hydrogen (secondary N) is 2. The number of hydrogen-bond donors (Lipinski definition) is 2. The topological polar surface area (TPSA) is 42.5 Å². The van der Waals surface area contributed by atoms with Crippen LogP contribution < -0.4 is 10.6 Å². The van der Waals surface area contributed by atoms with Crippen LogP contribution in [-0.2, 0) is 9.47 Å². The van der Waals surface area contributed by atoms with Crippen LogP contribution in [0, 0.1) is 35.5 Å². The van der Waals surface area contributed by atoms with Crippen molar-refractivity contribution in [2.75, 3.05) is 46.2 Å². The number of rotatable bonds is 1. The molecule has 4 aliphatic rings. The zero-order valence-electron chi connectivity index (χ0n) is 17.3. The molecule has 2 saturated heterocycles. The molecule has 0 aromatic carbocycles. The van der Waals surface area contributed by atoms with Gasteiger partial charge in [-0.2, -0.15) is 0 Å². The van der Waals surface area contributed by atoms with E-state index in [9.17, 15) is 0 Å². The summed E-state index contributed by atoms with van der Waals surface area (Å²) >= 11 is 0. The highest BCUT2D eigenvalue weighted by Gasteiger charge is 2.36. The quantitative estimate of drug-likeness (QED) is 0.728. The van der Waals surface area contributed by atoms with E-state index in [1.807, 2.05) is 0 Å². The summed E-state index contributed by atoms with van der Waals surface area (Å²) in [7, 11) is 0. The highest BCUT2D eigenvalue weighted by Crippen LogP contribution is 2.44. The van der Waals surface area contributed by atoms with Crippen molar-refractivity contribution in [2.45, 2.75) is 64.2 Å². The molecule has 0 aromatic rings. The van der Waals surface area contributed by atoms with E-state index in [0.29, 0.717) is 6.79 Å². The van der Waals surface area contributed by atoms with Gasteiger partial charge in [0.1, 0.15) is 6.79 Å². The van der Waals surface area contributed by atoms with E-state index in [1.165, 1.54) is 83.8 Å². The molecule has 2 aliphatic carbocycles. The smallest absolute Gasteiger partial charge is 0.146 e. The van der Waals surface area contributed by atoms with E-state index >= 15 is 0 Å². The Morgan fingerprint density at radius 2 is 1.48 bits per heavy atom. The fraction of sp³-hybridized carbons (Fsp3) is 1.00. The lowest BCUT2D eigenvalue weighted by molar-refractivity contribution is -0.0787. The van der Waals surface area contributed by atoms with Crippen LogP contribution in [-0.4, -0.2) is 46.2 Å². The molecule has 4 heteroatoms. The Labute approximate surface area is 166 Å². The third-order valence-electron chi connectivity index (χ3n) is 8.06. The molecule has 0 spiro atoms. The zero-order valence-corrected chi connectivity index (χ0v) is 17.3. The average Bonchev–Trinajstić information content (AvgIpc) is 2.71. The van der Waals surface area contributed by atoms with Gasteiger partial charge < -0.3 is 20.1 Å². The van der Waals surface area contributed by atoms with E-state index in [-0.39, 0.29) is 0 Å². The number of piperidine rings is 1. The van der Waals surface area contributed by atoms with Gasteiger partial charge >= 0.3 is 0 Å². The van der Waals surface area contributed by atoms with Gasteiger partial charge in [-0.1, -0.05) is 12.8 Å². The monoisotopic (exact) mass is 378 g/mol. The molecule has 0 radical (unpaired) electrons. The minimum atomic E-state index is 0.480. The molecule has 6 atom stereocenters. The molecule has 0 aromatic heterocycles. The fourth-order valence-corrected chi connectivity index (χ4v) is 6.58. The first kappa shape index (κ1) is 20.1. The highest BCUT2D eigenvalue weighted by molar-refractivity contribution is 4.88. The van der Waals surface area contributed by atoms with E-state index in [2.05, 4.69) is 10.6 Å². The van der Waals surface area contributed by atoms with E-state index < -0.39 is 0 Å². The van der Waals surface area contributed by atoms with Gasteiger partial charge in [0.05, 0.1) is 13.2 Å². The third-order valence-corrected chi connectivity index (χ3v) is 8.06. The van der Waals surface area contributed by atoms with Gasteiger partial charge in [0, 0.05) is 6.54 Å². The molecule has 2 heterocycles. The van der Waals surface area contributed by atoms with Crippen LogP contribution in [0.3, 0.4) is 0 Å². The van der Waals surface area contributed by atoms with Gasteiger partial charge in [-0.05, 0) is 107 Å². The Balaban J connectivity index is 1.39. The molecule has 2 N–H and O–H groups in total. The Bertz CT molecular complexity index is 427. The number of fused-ring (bicyclic) bond motifs is 3. The van der Waals surface area contributed by atoms with Gasteiger partial charge in [-0.25, -0.2) is 0 Å². The molecular formula is C23H42N2O2. The summed E-state index contributed by atoms with van der Waals surface area (Å²) in [5.74, 6) is 5.38. The maximum atomic E-state index is 5.97. The van der Waals surface area contributed by atoms with Crippen LogP contribution in [0.1, 0.15) is 64.2 Å². The normalized spacial score (nSPS) is 42.7. The maximum Gasteiger partial charge on any atom is 0.146 e. The molecule has 6 unspecified atom stereocenters. The van der Waals surface area contributed by atoms with Gasteiger partial charge in [0.2, 0.25) is 0 Å². The van der Waals surface area contributed by atoms with Gasteiger partial charge in [-0.3, -0.25) is 0 Å². The van der Waals surface area contributed by atoms with Crippen LogP contribution in [0.25, 0.3) is 0 Å². The molecule has 156 valence electrons. The lowest BCUT2D eigenvalue weighted by atomic mass is 9.65. The summed E-state index contributed by atoms with van der Waals surface area (Å²) < 4.78 is 11.7. The lowest BCUT2D eigenvalue weighted by Gasteiger charge is -2.43. The Hall–Kier alpha value is -0.160. The fourth-order valence-electron chi connectivity index (χ4n) is 6.58. The maximum absolute atomic E-state index is 5.97. The highest BCUT2D eigenvalue weighted by atomic mass is 16.7. The van der Waals surface area contributed by atoms with Gasteiger partial charge in [0.25, 0.3) is 0 Å². The van der Waals surface area contributed by atoms with Crippen molar-refractivity contribution in [2.24, 2.45) is 35.5 Å². The second-order valence-corrected chi connectivity index (χ2v) is 9.94. The molecule has 4 fully saturated rings. The Morgan fingerprint density at radius 1 is 0.593 bits per heavy atom. The predicted molar refractivity (Wildman–Crippen MR) is 110 cm³/mol. The van der Waals surface area contributed by atoms with Crippen LogP contribution in [0.15, 0.2) is 0 Å². The largest absolute Gasteiger partial charge is 0.355 e. The average molecular weight is 379 g/mol. The molecule has 0 amide bonds. The summed E-state index contributed by atoms with van der Waals surface area (Å²) in [6.07, 6.45) is 14.4. The Kier molecular flexibility index (Phi) is 7.88. The number of hydrogen-bond acceptors (Lipinski definition) is 4. The van der Waals surface area contributed by atoms with Crippen molar-refractivity contribution in [3.8, 4) is 0 Å². The van der Waals surface area contributed by atoms with Gasteiger partial charge in [0.15, 0.2) is 0 Å². The van der Waals surface area contributed by atoms with Crippen molar-refractivity contribution in [1.82, 2.24) is 10.6 Å². The first-order valence-corrected chi connectivity index (χ1v) is 12.0.